The molecule has 2 aliphatic carbocycles. The molecule has 0 atom stereocenters. The quantitative estimate of drug-likeness (QED) is 0.285. The van der Waals surface area contributed by atoms with Crippen molar-refractivity contribution in [3.8, 4) is 11.5 Å². The summed E-state index contributed by atoms with van der Waals surface area (Å²) in [7, 11) is 0. The summed E-state index contributed by atoms with van der Waals surface area (Å²) in [6.07, 6.45) is 14.9. The fourth-order valence-electron chi connectivity index (χ4n) is 4.92. The SMILES string of the molecule is O=C(/C=C/C(=O)Oc1ccc(C2CCCCC2)cc1)Oc1ccc(C2CCCCC2)cc1. The van der Waals surface area contributed by atoms with Gasteiger partial charge < -0.3 is 9.47 Å². The summed E-state index contributed by atoms with van der Waals surface area (Å²) in [5.41, 5.74) is 2.61. The maximum atomic E-state index is 12.1. The van der Waals surface area contributed by atoms with Gasteiger partial charge in [-0.05, 0) is 72.9 Å². The number of esters is 2. The lowest BCUT2D eigenvalue weighted by Gasteiger charge is -2.22. The first-order chi connectivity index (χ1) is 15.7. The fourth-order valence-corrected chi connectivity index (χ4v) is 4.92. The molecule has 168 valence electrons. The summed E-state index contributed by atoms with van der Waals surface area (Å²) >= 11 is 0. The van der Waals surface area contributed by atoms with Crippen molar-refractivity contribution in [3.05, 3.63) is 71.8 Å². The van der Waals surface area contributed by atoms with Gasteiger partial charge in [-0.25, -0.2) is 9.59 Å². The standard InChI is InChI=1S/C28H32O4/c29-27(31-25-15-11-23(12-16-25)21-7-3-1-4-8-21)19-20-28(30)32-26-17-13-24(14-18-26)22-9-5-2-6-10-22/h11-22H,1-10H2/b20-19+. The van der Waals surface area contributed by atoms with Crippen molar-refractivity contribution < 1.29 is 19.1 Å². The van der Waals surface area contributed by atoms with E-state index in [1.54, 1.807) is 0 Å². The van der Waals surface area contributed by atoms with E-state index in [0.717, 1.165) is 12.2 Å². The molecule has 0 spiro atoms. The molecule has 4 heteroatoms. The Kier molecular flexibility index (Phi) is 7.76. The Balaban J connectivity index is 1.24. The molecule has 4 rings (SSSR count). The first-order valence-corrected chi connectivity index (χ1v) is 12.0. The topological polar surface area (TPSA) is 52.6 Å². The second-order valence-electron chi connectivity index (χ2n) is 8.98. The molecule has 4 nitrogen and oxygen atoms in total. The molecule has 0 aromatic heterocycles. The van der Waals surface area contributed by atoms with E-state index in [-0.39, 0.29) is 0 Å². The molecule has 2 aromatic carbocycles. The molecular weight excluding hydrogens is 400 g/mol. The Morgan fingerprint density at radius 1 is 0.562 bits per heavy atom. The van der Waals surface area contributed by atoms with E-state index in [0.29, 0.717) is 23.3 Å². The van der Waals surface area contributed by atoms with Crippen molar-refractivity contribution in [1.29, 1.82) is 0 Å². The zero-order valence-corrected chi connectivity index (χ0v) is 18.6. The summed E-state index contributed by atoms with van der Waals surface area (Å²) in [6.45, 7) is 0. The van der Waals surface area contributed by atoms with E-state index in [1.807, 2.05) is 48.5 Å². The minimum atomic E-state index is -0.597. The van der Waals surface area contributed by atoms with E-state index in [2.05, 4.69) is 0 Å². The molecule has 0 saturated heterocycles. The maximum absolute atomic E-state index is 12.1. The second kappa shape index (κ2) is 11.1. The van der Waals surface area contributed by atoms with Gasteiger partial charge in [0.1, 0.15) is 11.5 Å². The van der Waals surface area contributed by atoms with Crippen LogP contribution in [-0.2, 0) is 9.59 Å². The first kappa shape index (κ1) is 22.3. The van der Waals surface area contributed by atoms with Crippen LogP contribution < -0.4 is 9.47 Å². The van der Waals surface area contributed by atoms with Gasteiger partial charge >= 0.3 is 11.9 Å². The zero-order valence-electron chi connectivity index (χ0n) is 18.6. The van der Waals surface area contributed by atoms with Gasteiger partial charge in [-0.2, -0.15) is 0 Å². The minimum absolute atomic E-state index is 0.478. The normalized spacial score (nSPS) is 17.9. The molecule has 2 aliphatic rings. The van der Waals surface area contributed by atoms with Crippen LogP contribution in [0.5, 0.6) is 11.5 Å². The third-order valence-corrected chi connectivity index (χ3v) is 6.71. The molecule has 0 radical (unpaired) electrons. The van der Waals surface area contributed by atoms with Gasteiger partial charge in [0, 0.05) is 12.2 Å². The van der Waals surface area contributed by atoms with Crippen molar-refractivity contribution in [3.63, 3.8) is 0 Å². The van der Waals surface area contributed by atoms with Gasteiger partial charge in [-0.3, -0.25) is 0 Å². The summed E-state index contributed by atoms with van der Waals surface area (Å²) in [4.78, 5) is 24.1. The van der Waals surface area contributed by atoms with Crippen LogP contribution >= 0.6 is 0 Å². The third kappa shape index (κ3) is 6.32. The lowest BCUT2D eigenvalue weighted by molar-refractivity contribution is -0.131. The highest BCUT2D eigenvalue weighted by molar-refractivity contribution is 5.93. The van der Waals surface area contributed by atoms with Crippen molar-refractivity contribution in [2.45, 2.75) is 76.0 Å². The Bertz CT molecular complexity index is 837. The largest absolute Gasteiger partial charge is 0.423 e. The zero-order chi connectivity index (χ0) is 22.2. The van der Waals surface area contributed by atoms with Gasteiger partial charge in [0.25, 0.3) is 0 Å². The average molecular weight is 433 g/mol. The smallest absolute Gasteiger partial charge is 0.336 e. The van der Waals surface area contributed by atoms with Gasteiger partial charge in [0.2, 0.25) is 0 Å². The molecule has 0 heterocycles. The lowest BCUT2D eigenvalue weighted by atomic mass is 9.84. The monoisotopic (exact) mass is 432 g/mol. The molecule has 2 saturated carbocycles. The van der Waals surface area contributed by atoms with Crippen LogP contribution in [0.15, 0.2) is 60.7 Å². The number of carbonyl (C=O) groups is 2. The fraction of sp³-hybridized carbons (Fsp3) is 0.429. The first-order valence-electron chi connectivity index (χ1n) is 12.0. The Morgan fingerprint density at radius 3 is 1.25 bits per heavy atom. The van der Waals surface area contributed by atoms with E-state index in [1.165, 1.54) is 75.3 Å². The average Bonchev–Trinajstić information content (AvgIpc) is 2.85. The van der Waals surface area contributed by atoms with Crippen molar-refractivity contribution in [2.75, 3.05) is 0 Å². The van der Waals surface area contributed by atoms with Crippen LogP contribution in [0.4, 0.5) is 0 Å². The molecular formula is C28H32O4. The number of rotatable bonds is 6. The highest BCUT2D eigenvalue weighted by atomic mass is 16.5. The molecule has 0 N–H and O–H groups in total. The second-order valence-corrected chi connectivity index (χ2v) is 8.98. The van der Waals surface area contributed by atoms with Gasteiger partial charge in [0.05, 0.1) is 0 Å². The predicted molar refractivity (Wildman–Crippen MR) is 125 cm³/mol. The van der Waals surface area contributed by atoms with Gasteiger partial charge in [0.15, 0.2) is 0 Å². The van der Waals surface area contributed by atoms with Crippen LogP contribution in [0.2, 0.25) is 0 Å². The van der Waals surface area contributed by atoms with E-state index in [4.69, 9.17) is 9.47 Å². The van der Waals surface area contributed by atoms with Crippen LogP contribution in [-0.4, -0.2) is 11.9 Å². The summed E-state index contributed by atoms with van der Waals surface area (Å²) in [5, 5.41) is 0. The summed E-state index contributed by atoms with van der Waals surface area (Å²) in [5.74, 6) is 0.983. The molecule has 2 aromatic rings. The minimum Gasteiger partial charge on any atom is -0.423 e. The molecule has 0 bridgehead atoms. The highest BCUT2D eigenvalue weighted by Crippen LogP contribution is 2.34. The van der Waals surface area contributed by atoms with Crippen LogP contribution in [0.3, 0.4) is 0 Å². The number of hydrogen-bond acceptors (Lipinski definition) is 4. The van der Waals surface area contributed by atoms with Gasteiger partial charge in [-0.1, -0.05) is 62.8 Å². The highest BCUT2D eigenvalue weighted by Gasteiger charge is 2.16. The molecule has 32 heavy (non-hydrogen) atoms. The molecule has 0 aliphatic heterocycles. The van der Waals surface area contributed by atoms with Gasteiger partial charge in [-0.15, -0.1) is 0 Å². The summed E-state index contributed by atoms with van der Waals surface area (Å²) in [6, 6.07) is 15.4. The van der Waals surface area contributed by atoms with Crippen LogP contribution in [0.1, 0.15) is 87.2 Å². The number of benzene rings is 2. The van der Waals surface area contributed by atoms with Crippen LogP contribution in [0, 0.1) is 0 Å². The number of carbonyl (C=O) groups excluding carboxylic acids is 2. The molecule has 0 amide bonds. The molecule has 2 fully saturated rings. The van der Waals surface area contributed by atoms with E-state index < -0.39 is 11.9 Å². The summed E-state index contributed by atoms with van der Waals surface area (Å²) < 4.78 is 10.6. The van der Waals surface area contributed by atoms with Crippen molar-refractivity contribution in [1.82, 2.24) is 0 Å². The Hall–Kier alpha value is -2.88. The maximum Gasteiger partial charge on any atom is 0.336 e. The van der Waals surface area contributed by atoms with E-state index in [9.17, 15) is 9.59 Å². The van der Waals surface area contributed by atoms with E-state index >= 15 is 0 Å². The number of hydrogen-bond donors (Lipinski definition) is 0. The van der Waals surface area contributed by atoms with Crippen LogP contribution in [0.25, 0.3) is 0 Å². The van der Waals surface area contributed by atoms with Crippen molar-refractivity contribution in [2.24, 2.45) is 0 Å². The number of ether oxygens (including phenoxy) is 2. The van der Waals surface area contributed by atoms with Crippen molar-refractivity contribution >= 4 is 11.9 Å². The predicted octanol–water partition coefficient (Wildman–Crippen LogP) is 6.85. The Morgan fingerprint density at radius 2 is 0.906 bits per heavy atom. The Labute approximate surface area is 190 Å². The third-order valence-electron chi connectivity index (χ3n) is 6.71. The lowest BCUT2D eigenvalue weighted by Crippen LogP contribution is -2.09. The molecule has 0 unspecified atom stereocenters.